The van der Waals surface area contributed by atoms with Crippen LogP contribution in [0.1, 0.15) is 78.4 Å². The van der Waals surface area contributed by atoms with Crippen molar-refractivity contribution >= 4 is 55.7 Å². The van der Waals surface area contributed by atoms with Crippen molar-refractivity contribution in [2.45, 2.75) is 108 Å². The van der Waals surface area contributed by atoms with E-state index in [1.54, 1.807) is 6.92 Å². The van der Waals surface area contributed by atoms with Crippen LogP contribution in [0.3, 0.4) is 0 Å². The van der Waals surface area contributed by atoms with Gasteiger partial charge >= 0.3 is 273 Å². The van der Waals surface area contributed by atoms with Crippen LogP contribution in [0.4, 0.5) is 0 Å². The van der Waals surface area contributed by atoms with Crippen molar-refractivity contribution in [1.29, 1.82) is 0 Å². The third kappa shape index (κ3) is 19.9. The quantitative estimate of drug-likeness (QED) is 0.0555. The van der Waals surface area contributed by atoms with E-state index >= 15 is 0 Å². The van der Waals surface area contributed by atoms with Crippen LogP contribution in [0.2, 0.25) is 4.71 Å². The average Bonchev–Trinajstić information content (AvgIpc) is 4.02. The first-order valence-electron chi connectivity index (χ1n) is 22.1. The molecule has 15 nitrogen and oxygen atoms in total. The van der Waals surface area contributed by atoms with Gasteiger partial charge in [0.15, 0.2) is 0 Å². The van der Waals surface area contributed by atoms with E-state index in [-0.39, 0.29) is 59.9 Å². The summed E-state index contributed by atoms with van der Waals surface area (Å²) in [7, 11) is 0. The molecule has 2 aliphatic rings. The molecule has 64 heavy (non-hydrogen) atoms. The summed E-state index contributed by atoms with van der Waals surface area (Å²) in [5, 5.41) is 19.7. The second kappa shape index (κ2) is 27.5. The zero-order chi connectivity index (χ0) is 47.2. The van der Waals surface area contributed by atoms with E-state index in [1.165, 1.54) is 6.92 Å². The van der Waals surface area contributed by atoms with Crippen molar-refractivity contribution in [2.24, 2.45) is 17.8 Å². The number of hydrogen-bond donors (Lipinski definition) is 5. The van der Waals surface area contributed by atoms with Crippen LogP contribution in [0, 0.1) is 30.1 Å². The summed E-state index contributed by atoms with van der Waals surface area (Å²) < 4.78 is 10.3. The fourth-order valence-electron chi connectivity index (χ4n) is 6.91. The van der Waals surface area contributed by atoms with Crippen LogP contribution in [-0.4, -0.2) is 135 Å². The molecule has 2 aliphatic heterocycles. The predicted molar refractivity (Wildman–Crippen MR) is 245 cm³/mol. The zero-order valence-corrected chi connectivity index (χ0v) is 40.3. The van der Waals surface area contributed by atoms with Crippen LogP contribution >= 0.6 is 0 Å². The number of nitrogens with one attached hydrogen (secondary N) is 4. The van der Waals surface area contributed by atoms with Gasteiger partial charge in [-0.25, -0.2) is 0 Å². The molecule has 0 bridgehead atoms. The van der Waals surface area contributed by atoms with Crippen LogP contribution in [0.25, 0.3) is 0 Å². The number of ketones is 1. The van der Waals surface area contributed by atoms with Gasteiger partial charge in [-0.2, -0.15) is 0 Å². The minimum atomic E-state index is -1.49. The van der Waals surface area contributed by atoms with E-state index in [4.69, 9.17) is 21.0 Å². The SMILES string of the molecule is C#CCNC(=O)CC(C)C(=O)O.CC(C)C[C@H](NC(=O)[C@H](CCc1ccccc1)NC(=O)CN1CCOCC1)C(=O)N[C@@H](Cc1ccccc1)C(=O)[AsH][C@@H](CC(C)C)C(=O)[C@@]1(C)CO1. The predicted octanol–water partition coefficient (Wildman–Crippen LogP) is 2.70. The summed E-state index contributed by atoms with van der Waals surface area (Å²) in [5.74, 6) is -0.713. The van der Waals surface area contributed by atoms with Crippen LogP contribution in [0.5, 0.6) is 0 Å². The Bertz CT molecular complexity index is 1880. The Morgan fingerprint density at radius 2 is 1.36 bits per heavy atom. The number of aliphatic carboxylic acids is 1. The normalized spacial score (nSPS) is 18.3. The number of carbonyl (C=O) groups excluding carboxylic acids is 6. The number of aryl methyl sites for hydroxylation is 1. The summed E-state index contributed by atoms with van der Waals surface area (Å²) in [6.07, 6.45) is 6.94. The summed E-state index contributed by atoms with van der Waals surface area (Å²) >= 11 is -1.49. The Labute approximate surface area is 385 Å². The standard InChI is InChI=1S/C40H57AsN4O7.C8H11NO3/c1-27(2)22-31(36(47)40(5)26-52-40)41-37(48)33(24-30-14-10-7-11-15-30)43-39(50)34(23-28(3)4)44-38(49)32(17-16-29-12-8-6-9-13-29)42-35(46)25-45-18-20-51-21-19-45;1-3-4-9-7(10)5-6(2)8(11)12/h6-15,27-28,31-34,41H,16-26H2,1-5H3,(H,42,46)(H,43,50)(H,44,49);1,6H,4-5H2,2H3,(H,9,10)(H,11,12)/t31-,32-,33-,34-,40+;/m0./s1. The Morgan fingerprint density at radius 3 is 1.91 bits per heavy atom. The van der Waals surface area contributed by atoms with Crippen LogP contribution in [0.15, 0.2) is 60.7 Å². The molecule has 2 aromatic rings. The molecule has 0 aromatic heterocycles. The van der Waals surface area contributed by atoms with Gasteiger partial charge in [0.05, 0.1) is 25.7 Å². The third-order valence-corrected chi connectivity index (χ3v) is 13.8. The van der Waals surface area contributed by atoms with Gasteiger partial charge in [-0.15, -0.1) is 6.42 Å². The number of nitrogens with zero attached hydrogens (tertiary/aromatic N) is 1. The maximum atomic E-state index is 14.1. The van der Waals surface area contributed by atoms with Crippen LogP contribution in [-0.2, 0) is 55.9 Å². The first kappa shape index (κ1) is 53.5. The number of amides is 4. The first-order chi connectivity index (χ1) is 30.4. The first-order valence-corrected chi connectivity index (χ1v) is 24.4. The molecule has 0 radical (unpaired) electrons. The van der Waals surface area contributed by atoms with Gasteiger partial charge in [0.25, 0.3) is 0 Å². The van der Waals surface area contributed by atoms with Gasteiger partial charge in [0.1, 0.15) is 0 Å². The minimum absolute atomic E-state index is 0.0264. The van der Waals surface area contributed by atoms with Crippen molar-refractivity contribution in [3.8, 4) is 12.3 Å². The van der Waals surface area contributed by atoms with E-state index in [9.17, 15) is 33.6 Å². The zero-order valence-electron chi connectivity index (χ0n) is 38.2. The number of morpholine rings is 1. The topological polar surface area (TPSA) is 213 Å². The Kier molecular flexibility index (Phi) is 22.9. The van der Waals surface area contributed by atoms with E-state index in [2.05, 4.69) is 27.2 Å². The molecule has 2 unspecified atom stereocenters. The Morgan fingerprint density at radius 1 is 0.797 bits per heavy atom. The van der Waals surface area contributed by atoms with Crippen molar-refractivity contribution < 1.29 is 48.1 Å². The fourth-order valence-corrected chi connectivity index (χ4v) is 10.6. The van der Waals surface area contributed by atoms with E-state index in [0.717, 1.165) is 11.1 Å². The fraction of sp³-hybridized carbons (Fsp3) is 0.562. The number of rotatable bonds is 25. The molecule has 16 heteroatoms. The number of carboxylic acid groups (broad SMARTS) is 1. The molecule has 4 rings (SSSR count). The van der Waals surface area contributed by atoms with Gasteiger partial charge in [-0.05, 0) is 0 Å². The molecule has 2 fully saturated rings. The summed E-state index contributed by atoms with van der Waals surface area (Å²) in [6, 6.07) is 16.5. The molecular formula is C48H68AsN5O10. The number of epoxide rings is 1. The molecule has 0 spiro atoms. The monoisotopic (exact) mass is 949 g/mol. The van der Waals surface area contributed by atoms with Gasteiger partial charge in [0, 0.05) is 19.5 Å². The van der Waals surface area contributed by atoms with Crippen molar-refractivity contribution in [3.63, 3.8) is 0 Å². The number of ether oxygens (including phenoxy) is 2. The second-order valence-corrected chi connectivity index (χ2v) is 20.6. The number of Topliss-reactive ketones (excluding diaryl/α,β-unsaturated/α-hetero) is 1. The van der Waals surface area contributed by atoms with Crippen molar-refractivity contribution in [2.75, 3.05) is 46.0 Å². The molecule has 2 saturated heterocycles. The third-order valence-electron chi connectivity index (χ3n) is 10.7. The van der Waals surface area contributed by atoms with Crippen LogP contribution < -0.4 is 21.3 Å². The Hall–Kier alpha value is -4.87. The van der Waals surface area contributed by atoms with Crippen molar-refractivity contribution in [3.05, 3.63) is 71.8 Å². The van der Waals surface area contributed by atoms with E-state index in [0.29, 0.717) is 58.6 Å². The average molecular weight is 950 g/mol. The number of terminal acetylenes is 1. The number of carbonyl (C=O) groups is 7. The van der Waals surface area contributed by atoms with Gasteiger partial charge < -0.3 is 15.2 Å². The molecule has 2 heterocycles. The van der Waals surface area contributed by atoms with Gasteiger partial charge in [0.2, 0.25) is 5.91 Å². The van der Waals surface area contributed by atoms with Crippen molar-refractivity contribution in [1.82, 2.24) is 26.2 Å². The van der Waals surface area contributed by atoms with Gasteiger partial charge in [-0.1, -0.05) is 31.0 Å². The molecule has 5 N–H and O–H groups in total. The van der Waals surface area contributed by atoms with Gasteiger partial charge in [-0.3, -0.25) is 9.59 Å². The maximum absolute atomic E-state index is 14.1. The van der Waals surface area contributed by atoms with E-state index in [1.807, 2.05) is 93.3 Å². The molecular weight excluding hydrogens is 881 g/mol. The number of benzene rings is 2. The molecule has 350 valence electrons. The number of carboxylic acids is 1. The molecule has 0 saturated carbocycles. The summed E-state index contributed by atoms with van der Waals surface area (Å²) in [4.78, 5) is 91.9. The van der Waals surface area contributed by atoms with E-state index < -0.39 is 67.9 Å². The molecule has 2 aromatic carbocycles. The molecule has 7 atom stereocenters. The summed E-state index contributed by atoms with van der Waals surface area (Å²) in [5.41, 5.74) is 1.08. The number of hydrogen-bond acceptors (Lipinski definition) is 10. The molecule has 0 aliphatic carbocycles. The second-order valence-electron chi connectivity index (χ2n) is 17.5. The molecule has 4 amide bonds. The Balaban J connectivity index is 0.000000791. The summed E-state index contributed by atoms with van der Waals surface area (Å²) in [6.45, 7) is 14.3.